The molecule has 3 atom stereocenters. The first-order valence-corrected chi connectivity index (χ1v) is 24.9. The van der Waals surface area contributed by atoms with Gasteiger partial charge in [-0.1, -0.05) is 211 Å². The van der Waals surface area contributed by atoms with E-state index in [2.05, 4.69) is 74.7 Å². The van der Waals surface area contributed by atoms with Crippen LogP contribution in [-0.4, -0.2) is 46.9 Å². The van der Waals surface area contributed by atoms with Gasteiger partial charge < -0.3 is 20.3 Å². The molecule has 0 rings (SSSR count). The van der Waals surface area contributed by atoms with Crippen molar-refractivity contribution in [1.29, 1.82) is 0 Å². The molecule has 0 saturated carbocycles. The minimum atomic E-state index is -0.796. The summed E-state index contributed by atoms with van der Waals surface area (Å²) in [6, 6.07) is -0.712. The molecule has 0 aromatic heterocycles. The highest BCUT2D eigenvalue weighted by atomic mass is 16.5. The molecule has 0 aliphatic rings. The van der Waals surface area contributed by atoms with Crippen molar-refractivity contribution in [1.82, 2.24) is 5.32 Å². The first kappa shape index (κ1) is 55.8. The van der Waals surface area contributed by atoms with Gasteiger partial charge in [-0.3, -0.25) is 9.59 Å². The van der Waals surface area contributed by atoms with E-state index in [1.807, 2.05) is 0 Å². The predicted molar refractivity (Wildman–Crippen MR) is 250 cm³/mol. The number of carbonyl (C=O) groups excluding carboxylic acids is 2. The van der Waals surface area contributed by atoms with Crippen molar-refractivity contribution in [3.8, 4) is 0 Å². The highest BCUT2D eigenvalue weighted by molar-refractivity contribution is 5.77. The maximum Gasteiger partial charge on any atom is 0.306 e. The summed E-state index contributed by atoms with van der Waals surface area (Å²) in [6.07, 6.45) is 54.6. The highest BCUT2D eigenvalue weighted by Crippen LogP contribution is 2.17. The first-order chi connectivity index (χ1) is 28.5. The molecular formula is C52H95NO5. The number of carbonyl (C=O) groups is 2. The Bertz CT molecular complexity index is 1000. The van der Waals surface area contributed by atoms with Crippen LogP contribution in [0.25, 0.3) is 0 Å². The van der Waals surface area contributed by atoms with Crippen molar-refractivity contribution in [2.75, 3.05) is 6.61 Å². The Balaban J connectivity index is 4.60. The number of hydrogen-bond donors (Lipinski definition) is 3. The van der Waals surface area contributed by atoms with Gasteiger partial charge in [-0.25, -0.2) is 0 Å². The summed E-state index contributed by atoms with van der Waals surface area (Å²) in [7, 11) is 0. The number of amides is 1. The van der Waals surface area contributed by atoms with E-state index in [4.69, 9.17) is 4.74 Å². The summed E-state index contributed by atoms with van der Waals surface area (Å²) in [4.78, 5) is 26.0. The SMILES string of the molecule is CCCCCCC/C=C/C=C/C=C/CCCCCCCC(=O)OC(CCC/C=C\CCCCCCCC)CC(=O)NC(CO)C(O)CCCCCCCCCCCC. The van der Waals surface area contributed by atoms with Crippen LogP contribution in [0.15, 0.2) is 48.6 Å². The number of hydrogen-bond acceptors (Lipinski definition) is 5. The number of aliphatic hydroxyl groups is 2. The molecule has 0 aliphatic heterocycles. The summed E-state index contributed by atoms with van der Waals surface area (Å²) >= 11 is 0. The van der Waals surface area contributed by atoms with Crippen molar-refractivity contribution in [2.24, 2.45) is 0 Å². The standard InChI is InChI=1S/C52H95NO5/c1-4-7-10-13-16-19-22-23-24-25-26-27-28-30-33-36-39-42-45-52(57)58-48(43-40-37-34-31-29-20-17-14-11-8-5-2)46-51(56)53-49(47-54)50(55)44-41-38-35-32-21-18-15-12-9-6-3/h22-27,31,34,48-50,54-55H,4-21,28-30,32-33,35-47H2,1-3H3,(H,53,56)/b23-22+,25-24+,27-26+,34-31-. The lowest BCUT2D eigenvalue weighted by atomic mass is 10.0. The van der Waals surface area contributed by atoms with Gasteiger partial charge in [0.25, 0.3) is 0 Å². The van der Waals surface area contributed by atoms with Gasteiger partial charge in [0.1, 0.15) is 6.10 Å². The molecule has 0 aromatic carbocycles. The van der Waals surface area contributed by atoms with Crippen LogP contribution in [0.2, 0.25) is 0 Å². The van der Waals surface area contributed by atoms with Gasteiger partial charge in [0.05, 0.1) is 25.2 Å². The van der Waals surface area contributed by atoms with Crippen LogP contribution in [0.4, 0.5) is 0 Å². The van der Waals surface area contributed by atoms with Crippen LogP contribution < -0.4 is 5.32 Å². The molecule has 0 aromatic rings. The molecule has 0 saturated heterocycles. The second kappa shape index (κ2) is 45.9. The monoisotopic (exact) mass is 814 g/mol. The Morgan fingerprint density at radius 2 is 0.914 bits per heavy atom. The van der Waals surface area contributed by atoms with E-state index in [0.29, 0.717) is 19.3 Å². The Morgan fingerprint density at radius 1 is 0.500 bits per heavy atom. The predicted octanol–water partition coefficient (Wildman–Crippen LogP) is 14.7. The van der Waals surface area contributed by atoms with Gasteiger partial charge in [0, 0.05) is 6.42 Å². The number of unbranched alkanes of at least 4 members (excludes halogenated alkanes) is 26. The maximum absolute atomic E-state index is 13.1. The smallest absolute Gasteiger partial charge is 0.306 e. The maximum atomic E-state index is 13.1. The zero-order valence-corrected chi connectivity index (χ0v) is 38.4. The lowest BCUT2D eigenvalue weighted by molar-refractivity contribution is -0.151. The van der Waals surface area contributed by atoms with Gasteiger partial charge in [0.2, 0.25) is 5.91 Å². The molecule has 6 nitrogen and oxygen atoms in total. The van der Waals surface area contributed by atoms with E-state index < -0.39 is 18.2 Å². The average Bonchev–Trinajstić information content (AvgIpc) is 3.22. The van der Waals surface area contributed by atoms with Crippen LogP contribution in [0, 0.1) is 0 Å². The highest BCUT2D eigenvalue weighted by Gasteiger charge is 2.24. The summed E-state index contributed by atoms with van der Waals surface area (Å²) in [5.74, 6) is -0.525. The Kier molecular flexibility index (Phi) is 44.2. The molecule has 0 spiro atoms. The summed E-state index contributed by atoms with van der Waals surface area (Å²) < 4.78 is 5.89. The van der Waals surface area contributed by atoms with Gasteiger partial charge in [-0.05, 0) is 70.6 Å². The second-order valence-electron chi connectivity index (χ2n) is 16.9. The van der Waals surface area contributed by atoms with E-state index >= 15 is 0 Å². The third kappa shape index (κ3) is 40.6. The van der Waals surface area contributed by atoms with Crippen LogP contribution >= 0.6 is 0 Å². The van der Waals surface area contributed by atoms with Crippen molar-refractivity contribution < 1.29 is 24.5 Å². The number of nitrogens with one attached hydrogen (secondary N) is 1. The fourth-order valence-electron chi connectivity index (χ4n) is 7.37. The fraction of sp³-hybridized carbons (Fsp3) is 0.808. The topological polar surface area (TPSA) is 95.9 Å². The normalized spacial score (nSPS) is 13.7. The van der Waals surface area contributed by atoms with E-state index in [0.717, 1.165) is 77.0 Å². The molecule has 0 radical (unpaired) electrons. The van der Waals surface area contributed by atoms with Crippen molar-refractivity contribution in [2.45, 2.75) is 264 Å². The summed E-state index contributed by atoms with van der Waals surface area (Å²) in [5.41, 5.74) is 0. The summed E-state index contributed by atoms with van der Waals surface area (Å²) in [6.45, 7) is 6.43. The van der Waals surface area contributed by atoms with E-state index in [-0.39, 0.29) is 24.9 Å². The zero-order chi connectivity index (χ0) is 42.4. The molecular weight excluding hydrogens is 719 g/mol. The molecule has 1 amide bonds. The molecule has 3 unspecified atom stereocenters. The Hall–Kier alpha value is -2.18. The third-order valence-electron chi connectivity index (χ3n) is 11.2. The lowest BCUT2D eigenvalue weighted by Crippen LogP contribution is -2.46. The number of aliphatic hydroxyl groups excluding tert-OH is 2. The van der Waals surface area contributed by atoms with Crippen molar-refractivity contribution in [3.05, 3.63) is 48.6 Å². The lowest BCUT2D eigenvalue weighted by Gasteiger charge is -2.24. The van der Waals surface area contributed by atoms with Crippen LogP contribution in [0.5, 0.6) is 0 Å². The zero-order valence-electron chi connectivity index (χ0n) is 38.4. The van der Waals surface area contributed by atoms with E-state index in [9.17, 15) is 19.8 Å². The average molecular weight is 814 g/mol. The van der Waals surface area contributed by atoms with E-state index in [1.165, 1.54) is 122 Å². The fourth-order valence-corrected chi connectivity index (χ4v) is 7.37. The van der Waals surface area contributed by atoms with Gasteiger partial charge in [-0.15, -0.1) is 0 Å². The molecule has 58 heavy (non-hydrogen) atoms. The third-order valence-corrected chi connectivity index (χ3v) is 11.2. The van der Waals surface area contributed by atoms with Crippen LogP contribution in [0.1, 0.15) is 245 Å². The Labute approximate surface area is 359 Å². The molecule has 0 aliphatic carbocycles. The molecule has 0 heterocycles. The molecule has 3 N–H and O–H groups in total. The molecule has 338 valence electrons. The summed E-state index contributed by atoms with van der Waals surface area (Å²) in [5, 5.41) is 23.6. The quantitative estimate of drug-likeness (QED) is 0.0246. The minimum absolute atomic E-state index is 0.0484. The number of rotatable bonds is 44. The van der Waals surface area contributed by atoms with E-state index in [1.54, 1.807) is 0 Å². The first-order valence-electron chi connectivity index (χ1n) is 24.9. The van der Waals surface area contributed by atoms with Gasteiger partial charge >= 0.3 is 5.97 Å². The molecule has 0 bridgehead atoms. The van der Waals surface area contributed by atoms with Crippen LogP contribution in [-0.2, 0) is 14.3 Å². The number of esters is 1. The Morgan fingerprint density at radius 3 is 1.40 bits per heavy atom. The van der Waals surface area contributed by atoms with Crippen molar-refractivity contribution >= 4 is 11.9 Å². The minimum Gasteiger partial charge on any atom is -0.462 e. The van der Waals surface area contributed by atoms with Crippen LogP contribution in [0.3, 0.4) is 0 Å². The van der Waals surface area contributed by atoms with Gasteiger partial charge in [0.15, 0.2) is 0 Å². The van der Waals surface area contributed by atoms with Gasteiger partial charge in [-0.2, -0.15) is 0 Å². The largest absolute Gasteiger partial charge is 0.462 e. The van der Waals surface area contributed by atoms with Crippen molar-refractivity contribution in [3.63, 3.8) is 0 Å². The molecule has 0 fully saturated rings. The number of ether oxygens (including phenoxy) is 1. The molecule has 6 heteroatoms. The number of allylic oxidation sites excluding steroid dienone is 8. The second-order valence-corrected chi connectivity index (χ2v) is 16.9.